The van der Waals surface area contributed by atoms with Gasteiger partial charge >= 0.3 is 0 Å². The minimum atomic E-state index is 0.658. The summed E-state index contributed by atoms with van der Waals surface area (Å²) in [6.45, 7) is 6.16. The van der Waals surface area contributed by atoms with Crippen molar-refractivity contribution in [2.45, 2.75) is 13.0 Å². The molecule has 0 aromatic heterocycles. The van der Waals surface area contributed by atoms with Gasteiger partial charge in [0, 0.05) is 44.8 Å². The summed E-state index contributed by atoms with van der Waals surface area (Å²) in [7, 11) is 6.66. The summed E-state index contributed by atoms with van der Waals surface area (Å²) in [5.41, 5.74) is 2.47. The van der Waals surface area contributed by atoms with Gasteiger partial charge in [-0.1, -0.05) is 18.2 Å². The molecule has 1 saturated heterocycles. The Morgan fingerprint density at radius 3 is 1.93 bits per heavy atom. The van der Waals surface area contributed by atoms with E-state index in [2.05, 4.69) is 28.0 Å². The van der Waals surface area contributed by atoms with Crippen LogP contribution in [0.2, 0.25) is 0 Å². The molecule has 0 N–H and O–H groups in total. The van der Waals surface area contributed by atoms with Crippen LogP contribution in [0.25, 0.3) is 0 Å². The molecular formula is C23H32N2O4. The normalized spacial score (nSPS) is 15.2. The third kappa shape index (κ3) is 5.34. The van der Waals surface area contributed by atoms with Crippen molar-refractivity contribution in [3.8, 4) is 23.0 Å². The number of ether oxygens (including phenoxy) is 4. The molecule has 0 spiro atoms. The summed E-state index contributed by atoms with van der Waals surface area (Å²) in [6, 6.07) is 12.4. The lowest BCUT2D eigenvalue weighted by Gasteiger charge is -2.35. The molecular weight excluding hydrogens is 368 g/mol. The Morgan fingerprint density at radius 1 is 0.690 bits per heavy atom. The second-order valence-electron chi connectivity index (χ2n) is 7.21. The molecule has 6 heteroatoms. The predicted octanol–water partition coefficient (Wildman–Crippen LogP) is 3.08. The van der Waals surface area contributed by atoms with Crippen LogP contribution in [0.1, 0.15) is 11.1 Å². The fourth-order valence-corrected chi connectivity index (χ4v) is 3.78. The number of methoxy groups -OCH3 is 4. The lowest BCUT2D eigenvalue weighted by molar-refractivity contribution is 0.127. The van der Waals surface area contributed by atoms with Gasteiger partial charge in [-0.3, -0.25) is 4.90 Å². The third-order valence-corrected chi connectivity index (χ3v) is 5.52. The molecule has 1 fully saturated rings. The molecule has 0 aliphatic carbocycles. The maximum Gasteiger partial charge on any atom is 0.203 e. The lowest BCUT2D eigenvalue weighted by Crippen LogP contribution is -2.46. The number of hydrogen-bond donors (Lipinski definition) is 0. The zero-order chi connectivity index (χ0) is 20.6. The molecule has 0 bridgehead atoms. The van der Waals surface area contributed by atoms with Crippen molar-refractivity contribution in [3.63, 3.8) is 0 Å². The van der Waals surface area contributed by atoms with Crippen LogP contribution in [0.4, 0.5) is 0 Å². The Balaban J connectivity index is 1.52. The van der Waals surface area contributed by atoms with E-state index in [4.69, 9.17) is 18.9 Å². The fraction of sp³-hybridized carbons (Fsp3) is 0.478. The number of hydrogen-bond acceptors (Lipinski definition) is 6. The maximum atomic E-state index is 5.63. The Labute approximate surface area is 173 Å². The van der Waals surface area contributed by atoms with Crippen molar-refractivity contribution in [2.75, 3.05) is 61.2 Å². The van der Waals surface area contributed by atoms with Gasteiger partial charge in [-0.25, -0.2) is 0 Å². The second kappa shape index (κ2) is 10.4. The molecule has 6 nitrogen and oxygen atoms in total. The van der Waals surface area contributed by atoms with Crippen molar-refractivity contribution in [2.24, 2.45) is 0 Å². The molecule has 2 aromatic carbocycles. The molecule has 0 atom stereocenters. The molecule has 0 radical (unpaired) electrons. The van der Waals surface area contributed by atoms with Crippen molar-refractivity contribution in [1.29, 1.82) is 0 Å². The Morgan fingerprint density at radius 2 is 1.34 bits per heavy atom. The molecule has 0 unspecified atom stereocenters. The van der Waals surface area contributed by atoms with Gasteiger partial charge in [0.25, 0.3) is 0 Å². The first kappa shape index (κ1) is 21.3. The first-order valence-corrected chi connectivity index (χ1v) is 10.0. The van der Waals surface area contributed by atoms with Crippen LogP contribution in [-0.2, 0) is 13.0 Å². The highest BCUT2D eigenvalue weighted by molar-refractivity contribution is 5.55. The third-order valence-electron chi connectivity index (χ3n) is 5.52. The van der Waals surface area contributed by atoms with Crippen LogP contribution in [0, 0.1) is 0 Å². The molecule has 0 saturated carbocycles. The van der Waals surface area contributed by atoms with Crippen molar-refractivity contribution in [3.05, 3.63) is 47.5 Å². The van der Waals surface area contributed by atoms with Crippen LogP contribution < -0.4 is 18.9 Å². The Kier molecular flexibility index (Phi) is 7.61. The van der Waals surface area contributed by atoms with E-state index in [1.54, 1.807) is 28.4 Å². The number of nitrogens with zero attached hydrogens (tertiary/aromatic N) is 2. The minimum Gasteiger partial charge on any atom is -0.497 e. The smallest absolute Gasteiger partial charge is 0.203 e. The molecule has 1 heterocycles. The van der Waals surface area contributed by atoms with Gasteiger partial charge in [-0.2, -0.15) is 0 Å². The Bertz CT molecular complexity index is 771. The monoisotopic (exact) mass is 400 g/mol. The molecule has 1 aliphatic rings. The molecule has 29 heavy (non-hydrogen) atoms. The van der Waals surface area contributed by atoms with Crippen LogP contribution in [0.3, 0.4) is 0 Å². The summed E-state index contributed by atoms with van der Waals surface area (Å²) in [5.74, 6) is 3.02. The summed E-state index contributed by atoms with van der Waals surface area (Å²) in [4.78, 5) is 5.00. The predicted molar refractivity (Wildman–Crippen MR) is 115 cm³/mol. The van der Waals surface area contributed by atoms with Crippen LogP contribution in [0.5, 0.6) is 23.0 Å². The van der Waals surface area contributed by atoms with E-state index in [0.29, 0.717) is 11.5 Å². The summed E-state index contributed by atoms with van der Waals surface area (Å²) < 4.78 is 21.7. The van der Waals surface area contributed by atoms with Crippen molar-refractivity contribution in [1.82, 2.24) is 9.80 Å². The van der Waals surface area contributed by atoms with Crippen LogP contribution in [0.15, 0.2) is 36.4 Å². The first-order valence-electron chi connectivity index (χ1n) is 10.0. The standard InChI is InChI=1S/C23H32N2O4/c1-26-20-8-5-18(6-9-20)11-12-24-13-15-25(16-14-24)17-19-7-10-21(27-2)23(29-4)22(19)28-3/h5-10H,11-17H2,1-4H3. The van der Waals surface area contributed by atoms with Gasteiger partial charge in [-0.15, -0.1) is 0 Å². The summed E-state index contributed by atoms with van der Waals surface area (Å²) in [6.07, 6.45) is 1.06. The average Bonchev–Trinajstić information content (AvgIpc) is 2.78. The molecule has 1 aliphatic heterocycles. The zero-order valence-electron chi connectivity index (χ0n) is 17.9. The van der Waals surface area contributed by atoms with Crippen LogP contribution in [-0.4, -0.2) is 71.0 Å². The van der Waals surface area contributed by atoms with Gasteiger partial charge in [0.2, 0.25) is 5.75 Å². The van der Waals surface area contributed by atoms with Gasteiger partial charge in [-0.05, 0) is 30.2 Å². The van der Waals surface area contributed by atoms with Crippen molar-refractivity contribution >= 4 is 0 Å². The highest BCUT2D eigenvalue weighted by Gasteiger charge is 2.21. The van der Waals surface area contributed by atoms with E-state index < -0.39 is 0 Å². The van der Waals surface area contributed by atoms with Gasteiger partial charge in [0.1, 0.15) is 5.75 Å². The topological polar surface area (TPSA) is 43.4 Å². The van der Waals surface area contributed by atoms with E-state index in [-0.39, 0.29) is 0 Å². The SMILES string of the molecule is COc1ccc(CCN2CCN(Cc3ccc(OC)c(OC)c3OC)CC2)cc1. The first-order chi connectivity index (χ1) is 14.2. The van der Waals surface area contributed by atoms with E-state index in [0.717, 1.165) is 62.8 Å². The minimum absolute atomic E-state index is 0.658. The highest BCUT2D eigenvalue weighted by atomic mass is 16.5. The summed E-state index contributed by atoms with van der Waals surface area (Å²) >= 11 is 0. The second-order valence-corrected chi connectivity index (χ2v) is 7.21. The molecule has 3 rings (SSSR count). The fourth-order valence-electron chi connectivity index (χ4n) is 3.78. The van der Waals surface area contributed by atoms with Gasteiger partial charge < -0.3 is 23.8 Å². The number of rotatable bonds is 9. The van der Waals surface area contributed by atoms with E-state index in [1.807, 2.05) is 18.2 Å². The summed E-state index contributed by atoms with van der Waals surface area (Å²) in [5, 5.41) is 0. The van der Waals surface area contributed by atoms with Crippen LogP contribution >= 0.6 is 0 Å². The van der Waals surface area contributed by atoms with E-state index in [1.165, 1.54) is 5.56 Å². The van der Waals surface area contributed by atoms with E-state index >= 15 is 0 Å². The number of piperazine rings is 1. The Hall–Kier alpha value is -2.44. The lowest BCUT2D eigenvalue weighted by atomic mass is 10.1. The number of benzene rings is 2. The largest absolute Gasteiger partial charge is 0.497 e. The van der Waals surface area contributed by atoms with Crippen molar-refractivity contribution < 1.29 is 18.9 Å². The molecule has 158 valence electrons. The van der Waals surface area contributed by atoms with Gasteiger partial charge in [0.05, 0.1) is 28.4 Å². The molecule has 2 aromatic rings. The maximum absolute atomic E-state index is 5.63. The quantitative estimate of drug-likeness (QED) is 0.645. The molecule has 0 amide bonds. The highest BCUT2D eigenvalue weighted by Crippen LogP contribution is 2.40. The van der Waals surface area contributed by atoms with Gasteiger partial charge in [0.15, 0.2) is 11.5 Å². The zero-order valence-corrected chi connectivity index (χ0v) is 17.9. The average molecular weight is 401 g/mol. The van der Waals surface area contributed by atoms with E-state index in [9.17, 15) is 0 Å².